The SMILES string of the molecule is COC(NO)C1(CS(=O)(=O)N(C)C)CCN(C(=O)c2ccc(OC(F)(F)C(F)(F)F)cc2)CC1. The van der Waals surface area contributed by atoms with E-state index in [1.54, 1.807) is 0 Å². The average molecular weight is 519 g/mol. The summed E-state index contributed by atoms with van der Waals surface area (Å²) in [6.45, 7) is 0.154. The van der Waals surface area contributed by atoms with Crippen LogP contribution >= 0.6 is 0 Å². The van der Waals surface area contributed by atoms with Crippen LogP contribution in [-0.2, 0) is 14.8 Å². The second-order valence-corrected chi connectivity index (χ2v) is 10.3. The van der Waals surface area contributed by atoms with E-state index in [2.05, 4.69) is 4.74 Å². The van der Waals surface area contributed by atoms with E-state index in [0.717, 1.165) is 28.6 Å². The largest absolute Gasteiger partial charge is 0.499 e. The molecule has 1 aliphatic rings. The van der Waals surface area contributed by atoms with Crippen molar-refractivity contribution in [1.82, 2.24) is 14.7 Å². The van der Waals surface area contributed by atoms with Crippen molar-refractivity contribution in [2.24, 2.45) is 5.41 Å². The predicted octanol–water partition coefficient (Wildman–Crippen LogP) is 2.29. The van der Waals surface area contributed by atoms with Crippen LogP contribution in [0.15, 0.2) is 24.3 Å². The maximum Gasteiger partial charge on any atom is 0.499 e. The number of halogens is 5. The molecule has 9 nitrogen and oxygen atoms in total. The number of hydrogen-bond donors (Lipinski definition) is 2. The molecule has 1 heterocycles. The Balaban J connectivity index is 2.14. The molecule has 1 amide bonds. The molecule has 1 atom stereocenters. The maximum atomic E-state index is 13.0. The first-order valence-corrected chi connectivity index (χ1v) is 11.5. The van der Waals surface area contributed by atoms with Crippen molar-refractivity contribution in [2.45, 2.75) is 31.4 Å². The molecule has 0 aromatic heterocycles. The predicted molar refractivity (Wildman–Crippen MR) is 109 cm³/mol. The third kappa shape index (κ3) is 6.13. The van der Waals surface area contributed by atoms with E-state index < -0.39 is 45.6 Å². The lowest BCUT2D eigenvalue weighted by molar-refractivity contribution is -0.360. The Kier molecular flexibility index (Phi) is 8.51. The van der Waals surface area contributed by atoms with Gasteiger partial charge in [-0.05, 0) is 37.1 Å². The van der Waals surface area contributed by atoms with Crippen LogP contribution in [-0.4, -0.2) is 87.3 Å². The summed E-state index contributed by atoms with van der Waals surface area (Å²) in [6, 6.07) is 3.74. The van der Waals surface area contributed by atoms with Crippen molar-refractivity contribution in [1.29, 1.82) is 0 Å². The van der Waals surface area contributed by atoms with E-state index >= 15 is 0 Å². The molecule has 2 rings (SSSR count). The number of carbonyl (C=O) groups excluding carboxylic acids is 1. The van der Waals surface area contributed by atoms with Gasteiger partial charge in [-0.2, -0.15) is 27.4 Å². The monoisotopic (exact) mass is 519 g/mol. The van der Waals surface area contributed by atoms with E-state index in [-0.39, 0.29) is 37.2 Å². The van der Waals surface area contributed by atoms with Gasteiger partial charge in [0.05, 0.1) is 5.75 Å². The lowest BCUT2D eigenvalue weighted by Gasteiger charge is -2.45. The molecule has 0 bridgehead atoms. The minimum absolute atomic E-state index is 0.0136. The van der Waals surface area contributed by atoms with E-state index in [0.29, 0.717) is 0 Å². The van der Waals surface area contributed by atoms with Gasteiger partial charge in [0, 0.05) is 45.3 Å². The highest BCUT2D eigenvalue weighted by atomic mass is 32.2. The van der Waals surface area contributed by atoms with Crippen molar-refractivity contribution < 1.29 is 49.8 Å². The molecule has 0 aliphatic carbocycles. The topological polar surface area (TPSA) is 108 Å². The quantitative estimate of drug-likeness (QED) is 0.293. The Morgan fingerprint density at radius 1 is 1.18 bits per heavy atom. The highest BCUT2D eigenvalue weighted by Crippen LogP contribution is 2.39. The summed E-state index contributed by atoms with van der Waals surface area (Å²) < 4.78 is 97.9. The molecule has 34 heavy (non-hydrogen) atoms. The van der Waals surface area contributed by atoms with E-state index in [4.69, 9.17) is 4.74 Å². The number of piperidine rings is 1. The number of ether oxygens (including phenoxy) is 2. The summed E-state index contributed by atoms with van der Waals surface area (Å²) in [6.07, 6.45) is -12.1. The zero-order valence-electron chi connectivity index (χ0n) is 18.6. The molecule has 1 unspecified atom stereocenters. The Morgan fingerprint density at radius 2 is 1.71 bits per heavy atom. The zero-order valence-corrected chi connectivity index (χ0v) is 19.4. The number of hydroxylamine groups is 1. The fourth-order valence-corrected chi connectivity index (χ4v) is 5.05. The second kappa shape index (κ2) is 10.3. The number of rotatable bonds is 9. The summed E-state index contributed by atoms with van der Waals surface area (Å²) in [5, 5.41) is 9.49. The molecule has 15 heteroatoms. The minimum Gasteiger partial charge on any atom is -0.426 e. The second-order valence-electron chi connectivity index (χ2n) is 8.08. The lowest BCUT2D eigenvalue weighted by Crippen LogP contribution is -2.56. The number of carbonyl (C=O) groups is 1. The highest BCUT2D eigenvalue weighted by molar-refractivity contribution is 7.89. The third-order valence-electron chi connectivity index (χ3n) is 5.66. The number of amides is 1. The molecule has 1 aliphatic heterocycles. The van der Waals surface area contributed by atoms with Gasteiger partial charge < -0.3 is 19.6 Å². The Morgan fingerprint density at radius 3 is 2.12 bits per heavy atom. The van der Waals surface area contributed by atoms with Gasteiger partial charge in [-0.1, -0.05) is 0 Å². The number of alkyl halides is 5. The van der Waals surface area contributed by atoms with Crippen molar-refractivity contribution >= 4 is 15.9 Å². The van der Waals surface area contributed by atoms with E-state index in [1.807, 2.05) is 5.48 Å². The normalized spacial score (nSPS) is 18.1. The molecule has 194 valence electrons. The Bertz CT molecular complexity index is 944. The molecular weight excluding hydrogens is 493 g/mol. The van der Waals surface area contributed by atoms with Gasteiger partial charge in [0.1, 0.15) is 12.0 Å². The molecule has 2 N–H and O–H groups in total. The smallest absolute Gasteiger partial charge is 0.426 e. The summed E-state index contributed by atoms with van der Waals surface area (Å²) in [5.41, 5.74) is 0.919. The van der Waals surface area contributed by atoms with Crippen molar-refractivity contribution in [3.05, 3.63) is 29.8 Å². The first-order chi connectivity index (χ1) is 15.6. The van der Waals surface area contributed by atoms with Crippen LogP contribution in [0, 0.1) is 5.41 Å². The van der Waals surface area contributed by atoms with Gasteiger partial charge in [-0.15, -0.1) is 0 Å². The molecule has 0 saturated carbocycles. The number of benzene rings is 1. The van der Waals surface area contributed by atoms with Crippen molar-refractivity contribution in [2.75, 3.05) is 40.0 Å². The average Bonchev–Trinajstić information content (AvgIpc) is 2.73. The van der Waals surface area contributed by atoms with Gasteiger partial charge in [-0.25, -0.2) is 12.7 Å². The fourth-order valence-electron chi connectivity index (χ4n) is 3.62. The summed E-state index contributed by atoms with van der Waals surface area (Å²) in [7, 11) is 0.333. The van der Waals surface area contributed by atoms with Gasteiger partial charge >= 0.3 is 12.3 Å². The molecular formula is C19H26F5N3O6S. The molecule has 0 radical (unpaired) electrons. The summed E-state index contributed by atoms with van der Waals surface area (Å²) >= 11 is 0. The molecule has 1 aromatic rings. The number of likely N-dealkylation sites (tertiary alicyclic amines) is 1. The van der Waals surface area contributed by atoms with Crippen LogP contribution < -0.4 is 10.2 Å². The van der Waals surface area contributed by atoms with Crippen LogP contribution in [0.25, 0.3) is 0 Å². The standard InChI is InChI=1S/C19H26F5N3O6S/c1-26(2)34(30,31)12-17(16(25-29)32-3)8-10-27(11-9-17)15(28)13-4-6-14(7-5-13)33-19(23,24)18(20,21)22/h4-7,16,25,29H,8-12H2,1-3H3. The molecule has 1 aromatic carbocycles. The van der Waals surface area contributed by atoms with Gasteiger partial charge in [0.15, 0.2) is 0 Å². The first-order valence-electron chi connectivity index (χ1n) is 9.94. The van der Waals surface area contributed by atoms with Crippen LogP contribution in [0.2, 0.25) is 0 Å². The molecule has 1 fully saturated rings. The maximum absolute atomic E-state index is 13.0. The highest BCUT2D eigenvalue weighted by Gasteiger charge is 2.61. The van der Waals surface area contributed by atoms with Crippen molar-refractivity contribution in [3.8, 4) is 5.75 Å². The van der Waals surface area contributed by atoms with Crippen LogP contribution in [0.5, 0.6) is 5.75 Å². The number of nitrogens with one attached hydrogen (secondary N) is 1. The molecule has 1 saturated heterocycles. The first kappa shape index (κ1) is 28.2. The number of nitrogens with zero attached hydrogens (tertiary/aromatic N) is 2. The van der Waals surface area contributed by atoms with Crippen LogP contribution in [0.3, 0.4) is 0 Å². The van der Waals surface area contributed by atoms with Gasteiger partial charge in [0.25, 0.3) is 5.91 Å². The Labute approximate surface area is 193 Å². The molecule has 0 spiro atoms. The third-order valence-corrected chi connectivity index (χ3v) is 7.71. The fraction of sp³-hybridized carbons (Fsp3) is 0.632. The van der Waals surface area contributed by atoms with Crippen LogP contribution in [0.4, 0.5) is 22.0 Å². The Hall–Kier alpha value is -2.07. The van der Waals surface area contributed by atoms with E-state index in [1.165, 1.54) is 26.1 Å². The number of hydrogen-bond acceptors (Lipinski definition) is 7. The number of sulfonamides is 1. The van der Waals surface area contributed by atoms with Crippen molar-refractivity contribution in [3.63, 3.8) is 0 Å². The lowest BCUT2D eigenvalue weighted by atomic mass is 9.78. The van der Waals surface area contributed by atoms with Gasteiger partial charge in [0.2, 0.25) is 10.0 Å². The van der Waals surface area contributed by atoms with Gasteiger partial charge in [-0.3, -0.25) is 4.79 Å². The van der Waals surface area contributed by atoms with Crippen LogP contribution in [0.1, 0.15) is 23.2 Å². The number of methoxy groups -OCH3 is 1. The summed E-state index contributed by atoms with van der Waals surface area (Å²) in [5.74, 6) is -1.67. The zero-order chi connectivity index (χ0) is 25.9. The minimum atomic E-state index is -5.90. The summed E-state index contributed by atoms with van der Waals surface area (Å²) in [4.78, 5) is 14.2. The van der Waals surface area contributed by atoms with E-state index in [9.17, 15) is 40.4 Å².